The van der Waals surface area contributed by atoms with E-state index in [0.717, 1.165) is 0 Å². The van der Waals surface area contributed by atoms with Gasteiger partial charge in [0.05, 0.1) is 11.8 Å². The van der Waals surface area contributed by atoms with Crippen molar-refractivity contribution in [3.63, 3.8) is 0 Å². The topological polar surface area (TPSA) is 33.7 Å². The second-order valence-corrected chi connectivity index (χ2v) is 7.05. The Bertz CT molecular complexity index is 627. The molecule has 1 aliphatic rings. The first kappa shape index (κ1) is 15.9. The number of carbonyl (C=O) groups excluding carboxylic acids is 1. The summed E-state index contributed by atoms with van der Waals surface area (Å²) in [6, 6.07) is 17.6. The van der Waals surface area contributed by atoms with Gasteiger partial charge in [0, 0.05) is 11.1 Å². The fourth-order valence-corrected chi connectivity index (χ4v) is 3.70. The Morgan fingerprint density at radius 1 is 0.696 bits per heavy atom. The average molecular weight is 308 g/mol. The number of quaternary nitrogens is 1. The maximum atomic E-state index is 12.8. The summed E-state index contributed by atoms with van der Waals surface area (Å²) in [4.78, 5) is 12.8. The molecular formula is C21H26NO+. The number of hydrogen-bond donors (Lipinski definition) is 1. The first-order valence-electron chi connectivity index (χ1n) is 8.49. The van der Waals surface area contributed by atoms with Gasteiger partial charge in [0.25, 0.3) is 0 Å². The Balaban J connectivity index is 1.94. The van der Waals surface area contributed by atoms with E-state index in [1.807, 2.05) is 0 Å². The molecule has 2 heteroatoms. The molecule has 2 N–H and O–H groups in total. The zero-order valence-corrected chi connectivity index (χ0v) is 14.4. The summed E-state index contributed by atoms with van der Waals surface area (Å²) < 4.78 is 0. The predicted molar refractivity (Wildman–Crippen MR) is 93.1 cm³/mol. The van der Waals surface area contributed by atoms with Crippen LogP contribution in [0.2, 0.25) is 0 Å². The molecule has 23 heavy (non-hydrogen) atoms. The molecule has 4 atom stereocenters. The third-order valence-electron chi connectivity index (χ3n) is 5.31. The van der Waals surface area contributed by atoms with E-state index in [-0.39, 0.29) is 23.9 Å². The molecular weight excluding hydrogens is 282 g/mol. The molecule has 0 amide bonds. The maximum absolute atomic E-state index is 12.8. The van der Waals surface area contributed by atoms with Crippen LogP contribution in [0.25, 0.3) is 0 Å². The lowest BCUT2D eigenvalue weighted by atomic mass is 9.76. The van der Waals surface area contributed by atoms with Crippen LogP contribution in [-0.2, 0) is 4.79 Å². The van der Waals surface area contributed by atoms with Gasteiger partial charge in [-0.15, -0.1) is 0 Å². The van der Waals surface area contributed by atoms with Gasteiger partial charge in [0.1, 0.15) is 12.1 Å². The third-order valence-corrected chi connectivity index (χ3v) is 5.31. The summed E-state index contributed by atoms with van der Waals surface area (Å²) >= 11 is 0. The largest absolute Gasteiger partial charge is 0.333 e. The number of Topliss-reactive ketones (excluding diaryl/α,β-unsaturated/α-hetero) is 1. The van der Waals surface area contributed by atoms with Gasteiger partial charge in [-0.1, -0.05) is 59.7 Å². The highest BCUT2D eigenvalue weighted by atomic mass is 16.1. The molecule has 2 nitrogen and oxygen atoms in total. The first-order chi connectivity index (χ1) is 11.0. The zero-order valence-electron chi connectivity index (χ0n) is 14.4. The number of piperidine rings is 1. The Morgan fingerprint density at radius 3 is 1.39 bits per heavy atom. The molecule has 0 aliphatic carbocycles. The third kappa shape index (κ3) is 3.09. The van der Waals surface area contributed by atoms with Crippen molar-refractivity contribution >= 4 is 5.78 Å². The highest BCUT2D eigenvalue weighted by Crippen LogP contribution is 2.32. The van der Waals surface area contributed by atoms with Gasteiger partial charge in [0.2, 0.25) is 0 Å². The van der Waals surface area contributed by atoms with E-state index >= 15 is 0 Å². The number of benzene rings is 2. The van der Waals surface area contributed by atoms with Gasteiger partial charge in [-0.2, -0.15) is 0 Å². The van der Waals surface area contributed by atoms with Crippen molar-refractivity contribution in [2.75, 3.05) is 0 Å². The Morgan fingerprint density at radius 2 is 1.04 bits per heavy atom. The van der Waals surface area contributed by atoms with Crippen molar-refractivity contribution < 1.29 is 10.1 Å². The summed E-state index contributed by atoms with van der Waals surface area (Å²) in [6.45, 7) is 8.34. The van der Waals surface area contributed by atoms with E-state index < -0.39 is 0 Å². The van der Waals surface area contributed by atoms with Crippen molar-refractivity contribution in [3.05, 3.63) is 70.8 Å². The van der Waals surface area contributed by atoms with Gasteiger partial charge in [0.15, 0.2) is 5.78 Å². The standard InChI is InChI=1S/C21H25NO/c1-13-5-9-17(10-6-13)19-15(3)21(23)16(4)20(22-19)18-11-7-14(2)8-12-18/h5-12,15-16,19-20,22H,1-4H3/p+1/t15-,16-,19-,20+/m1/s1. The molecule has 0 spiro atoms. The van der Waals surface area contributed by atoms with Gasteiger partial charge < -0.3 is 5.32 Å². The zero-order chi connectivity index (χ0) is 16.6. The first-order valence-corrected chi connectivity index (χ1v) is 8.49. The van der Waals surface area contributed by atoms with Crippen molar-refractivity contribution in [3.8, 4) is 0 Å². The summed E-state index contributed by atoms with van der Waals surface area (Å²) in [5, 5.41) is 2.39. The van der Waals surface area contributed by atoms with Crippen LogP contribution in [0.1, 0.15) is 48.2 Å². The Hall–Kier alpha value is -1.93. The van der Waals surface area contributed by atoms with Crippen LogP contribution < -0.4 is 5.32 Å². The van der Waals surface area contributed by atoms with Crippen molar-refractivity contribution in [1.82, 2.24) is 0 Å². The molecule has 0 bridgehead atoms. The molecule has 0 unspecified atom stereocenters. The van der Waals surface area contributed by atoms with Gasteiger partial charge in [-0.05, 0) is 27.7 Å². The normalized spacial score (nSPS) is 27.9. The smallest absolute Gasteiger partial charge is 0.151 e. The summed E-state index contributed by atoms with van der Waals surface area (Å²) in [5.74, 6) is 0.479. The lowest BCUT2D eigenvalue weighted by molar-refractivity contribution is -0.748. The Kier molecular flexibility index (Phi) is 4.36. The summed E-state index contributed by atoms with van der Waals surface area (Å²) in [7, 11) is 0. The number of aryl methyl sites for hydroxylation is 2. The van der Waals surface area contributed by atoms with E-state index in [9.17, 15) is 4.79 Å². The molecule has 1 saturated heterocycles. The lowest BCUT2D eigenvalue weighted by Crippen LogP contribution is -2.91. The monoisotopic (exact) mass is 308 g/mol. The van der Waals surface area contributed by atoms with Crippen LogP contribution >= 0.6 is 0 Å². The van der Waals surface area contributed by atoms with Crippen LogP contribution in [0.4, 0.5) is 0 Å². The Labute approximate surface area is 138 Å². The van der Waals surface area contributed by atoms with Crippen molar-refractivity contribution in [1.29, 1.82) is 0 Å². The van der Waals surface area contributed by atoms with Crippen LogP contribution in [0, 0.1) is 25.7 Å². The van der Waals surface area contributed by atoms with E-state index in [1.54, 1.807) is 0 Å². The van der Waals surface area contributed by atoms with Crippen LogP contribution in [0.5, 0.6) is 0 Å². The fourth-order valence-electron chi connectivity index (χ4n) is 3.70. The number of rotatable bonds is 2. The SMILES string of the molecule is Cc1ccc([C@H]2[NH2+][C@@H](c3ccc(C)cc3)[C@@H](C)C(=O)[C@@H]2C)cc1. The van der Waals surface area contributed by atoms with E-state index in [0.29, 0.717) is 5.78 Å². The molecule has 2 aromatic rings. The molecule has 0 radical (unpaired) electrons. The van der Waals surface area contributed by atoms with E-state index in [4.69, 9.17) is 0 Å². The minimum Gasteiger partial charge on any atom is -0.333 e. The predicted octanol–water partition coefficient (Wildman–Crippen LogP) is 3.50. The summed E-state index contributed by atoms with van der Waals surface area (Å²) in [6.07, 6.45) is 0. The molecule has 0 aromatic heterocycles. The van der Waals surface area contributed by atoms with Crippen LogP contribution in [0.3, 0.4) is 0 Å². The summed E-state index contributed by atoms with van der Waals surface area (Å²) in [5.41, 5.74) is 5.01. The van der Waals surface area contributed by atoms with Gasteiger partial charge in [-0.3, -0.25) is 4.79 Å². The highest BCUT2D eigenvalue weighted by Gasteiger charge is 2.43. The van der Waals surface area contributed by atoms with Crippen LogP contribution in [0.15, 0.2) is 48.5 Å². The number of carbonyl (C=O) groups is 1. The second-order valence-electron chi connectivity index (χ2n) is 7.05. The number of hydrogen-bond acceptors (Lipinski definition) is 1. The molecule has 120 valence electrons. The minimum atomic E-state index is 0.0504. The number of ketones is 1. The molecule has 0 saturated carbocycles. The highest BCUT2D eigenvalue weighted by molar-refractivity contribution is 5.84. The van der Waals surface area contributed by atoms with E-state index in [1.165, 1.54) is 22.3 Å². The fraction of sp³-hybridized carbons (Fsp3) is 0.381. The number of nitrogens with two attached hydrogens (primary N) is 1. The maximum Gasteiger partial charge on any atom is 0.151 e. The van der Waals surface area contributed by atoms with Gasteiger partial charge >= 0.3 is 0 Å². The van der Waals surface area contributed by atoms with Crippen LogP contribution in [-0.4, -0.2) is 5.78 Å². The molecule has 1 fully saturated rings. The van der Waals surface area contributed by atoms with E-state index in [2.05, 4.69) is 81.5 Å². The van der Waals surface area contributed by atoms with Crippen molar-refractivity contribution in [2.45, 2.75) is 39.8 Å². The second kappa shape index (κ2) is 6.29. The average Bonchev–Trinajstić information content (AvgIpc) is 2.55. The molecule has 1 aliphatic heterocycles. The quantitative estimate of drug-likeness (QED) is 0.905. The molecule has 3 rings (SSSR count). The van der Waals surface area contributed by atoms with Crippen molar-refractivity contribution in [2.24, 2.45) is 11.8 Å². The minimum absolute atomic E-state index is 0.0504. The van der Waals surface area contributed by atoms with Gasteiger partial charge in [-0.25, -0.2) is 0 Å². The lowest BCUT2D eigenvalue weighted by Gasteiger charge is -2.36. The molecule has 1 heterocycles. The molecule has 2 aromatic carbocycles.